The van der Waals surface area contributed by atoms with Gasteiger partial charge >= 0.3 is 0 Å². The van der Waals surface area contributed by atoms with Crippen molar-refractivity contribution in [2.45, 2.75) is 26.8 Å². The van der Waals surface area contributed by atoms with Gasteiger partial charge in [-0.25, -0.2) is 4.39 Å². The first kappa shape index (κ1) is 15.0. The van der Waals surface area contributed by atoms with Crippen LogP contribution in [0.5, 0.6) is 0 Å². The zero-order valence-corrected chi connectivity index (χ0v) is 12.2. The van der Waals surface area contributed by atoms with Crippen molar-refractivity contribution in [1.29, 1.82) is 0 Å². The molecule has 110 valence electrons. The number of nitro groups is 1. The Morgan fingerprint density at radius 2 is 1.90 bits per heavy atom. The van der Waals surface area contributed by atoms with Gasteiger partial charge in [-0.3, -0.25) is 10.1 Å². The molecule has 0 saturated heterocycles. The van der Waals surface area contributed by atoms with Gasteiger partial charge in [0.05, 0.1) is 16.7 Å². The van der Waals surface area contributed by atoms with E-state index in [0.29, 0.717) is 0 Å². The highest BCUT2D eigenvalue weighted by Gasteiger charge is 2.14. The van der Waals surface area contributed by atoms with E-state index in [-0.39, 0.29) is 17.4 Å². The van der Waals surface area contributed by atoms with Gasteiger partial charge in [-0.2, -0.15) is 0 Å². The van der Waals surface area contributed by atoms with Crippen molar-refractivity contribution >= 4 is 11.4 Å². The van der Waals surface area contributed by atoms with Crippen molar-refractivity contribution in [2.24, 2.45) is 0 Å². The van der Waals surface area contributed by atoms with E-state index in [1.165, 1.54) is 17.7 Å². The molecule has 2 aromatic carbocycles. The number of benzene rings is 2. The Kier molecular flexibility index (Phi) is 4.21. The van der Waals surface area contributed by atoms with Gasteiger partial charge in [-0.05, 0) is 38.0 Å². The Labute approximate surface area is 122 Å². The quantitative estimate of drug-likeness (QED) is 0.664. The fourth-order valence-corrected chi connectivity index (χ4v) is 2.36. The third-order valence-electron chi connectivity index (χ3n) is 3.43. The smallest absolute Gasteiger partial charge is 0.272 e. The standard InChI is InChI=1S/C16H17FN2O2/c1-10-4-6-14(11(2)8-10)12(3)18-16-7-5-13(19(20)21)9-15(16)17/h4-9,12,18H,1-3H3. The van der Waals surface area contributed by atoms with Crippen molar-refractivity contribution in [3.05, 3.63) is 69.0 Å². The molecule has 2 rings (SSSR count). The van der Waals surface area contributed by atoms with Crippen molar-refractivity contribution in [3.8, 4) is 0 Å². The van der Waals surface area contributed by atoms with E-state index in [4.69, 9.17) is 0 Å². The molecule has 1 N–H and O–H groups in total. The van der Waals surface area contributed by atoms with E-state index < -0.39 is 10.7 Å². The molecule has 5 heteroatoms. The topological polar surface area (TPSA) is 55.2 Å². The molecule has 0 bridgehead atoms. The van der Waals surface area contributed by atoms with Crippen LogP contribution >= 0.6 is 0 Å². The first-order valence-corrected chi connectivity index (χ1v) is 6.66. The molecule has 1 atom stereocenters. The highest BCUT2D eigenvalue weighted by molar-refractivity contribution is 5.52. The Balaban J connectivity index is 2.23. The van der Waals surface area contributed by atoms with Crippen LogP contribution in [0.1, 0.15) is 29.7 Å². The average molecular weight is 288 g/mol. The molecule has 2 aromatic rings. The largest absolute Gasteiger partial charge is 0.376 e. The van der Waals surface area contributed by atoms with Gasteiger partial charge in [0.25, 0.3) is 5.69 Å². The lowest BCUT2D eigenvalue weighted by Gasteiger charge is -2.18. The van der Waals surface area contributed by atoms with Gasteiger partial charge in [0.15, 0.2) is 5.82 Å². The normalized spacial score (nSPS) is 12.0. The lowest BCUT2D eigenvalue weighted by atomic mass is 10.00. The monoisotopic (exact) mass is 288 g/mol. The summed E-state index contributed by atoms with van der Waals surface area (Å²) in [6.07, 6.45) is 0. The van der Waals surface area contributed by atoms with E-state index in [1.54, 1.807) is 0 Å². The predicted octanol–water partition coefficient (Wildman–Crippen LogP) is 4.52. The highest BCUT2D eigenvalue weighted by atomic mass is 19.1. The number of hydrogen-bond donors (Lipinski definition) is 1. The Bertz CT molecular complexity index is 686. The summed E-state index contributed by atoms with van der Waals surface area (Å²) < 4.78 is 13.9. The fraction of sp³-hybridized carbons (Fsp3) is 0.250. The van der Waals surface area contributed by atoms with Crippen molar-refractivity contribution in [2.75, 3.05) is 5.32 Å². The number of halogens is 1. The van der Waals surface area contributed by atoms with Crippen molar-refractivity contribution < 1.29 is 9.31 Å². The second kappa shape index (κ2) is 5.91. The van der Waals surface area contributed by atoms with Crippen LogP contribution in [0.2, 0.25) is 0 Å². The lowest BCUT2D eigenvalue weighted by molar-refractivity contribution is -0.385. The molecule has 0 radical (unpaired) electrons. The zero-order valence-electron chi connectivity index (χ0n) is 12.2. The number of rotatable bonds is 4. The summed E-state index contributed by atoms with van der Waals surface area (Å²) in [4.78, 5) is 9.99. The molecular weight excluding hydrogens is 271 g/mol. The number of anilines is 1. The molecule has 0 saturated carbocycles. The number of aryl methyl sites for hydroxylation is 2. The molecule has 21 heavy (non-hydrogen) atoms. The van der Waals surface area contributed by atoms with Crippen LogP contribution < -0.4 is 5.32 Å². The van der Waals surface area contributed by atoms with Crippen LogP contribution in [0.25, 0.3) is 0 Å². The van der Waals surface area contributed by atoms with Crippen molar-refractivity contribution in [1.82, 2.24) is 0 Å². The first-order chi connectivity index (χ1) is 9.88. The summed E-state index contributed by atoms with van der Waals surface area (Å²) >= 11 is 0. The minimum Gasteiger partial charge on any atom is -0.376 e. The molecule has 1 unspecified atom stereocenters. The minimum absolute atomic E-state index is 0.0958. The number of non-ortho nitro benzene ring substituents is 1. The highest BCUT2D eigenvalue weighted by Crippen LogP contribution is 2.26. The molecular formula is C16H17FN2O2. The van der Waals surface area contributed by atoms with Gasteiger partial charge in [0.2, 0.25) is 0 Å². The van der Waals surface area contributed by atoms with Crippen LogP contribution in [-0.2, 0) is 0 Å². The number of nitro benzene ring substituents is 1. The van der Waals surface area contributed by atoms with E-state index in [2.05, 4.69) is 11.4 Å². The summed E-state index contributed by atoms with van der Waals surface area (Å²) in [5.41, 5.74) is 3.37. The molecule has 0 heterocycles. The van der Waals surface area contributed by atoms with E-state index >= 15 is 0 Å². The summed E-state index contributed by atoms with van der Waals surface area (Å²) in [6, 6.07) is 9.60. The van der Waals surface area contributed by atoms with E-state index in [1.807, 2.05) is 32.9 Å². The van der Waals surface area contributed by atoms with Crippen LogP contribution in [0.4, 0.5) is 15.8 Å². The Morgan fingerprint density at radius 3 is 2.48 bits per heavy atom. The number of hydrogen-bond acceptors (Lipinski definition) is 3. The van der Waals surface area contributed by atoms with Crippen LogP contribution in [0.15, 0.2) is 36.4 Å². The summed E-state index contributed by atoms with van der Waals surface area (Å²) in [6.45, 7) is 5.95. The first-order valence-electron chi connectivity index (χ1n) is 6.66. The molecule has 0 aliphatic carbocycles. The van der Waals surface area contributed by atoms with Gasteiger partial charge in [-0.1, -0.05) is 23.8 Å². The number of nitrogens with zero attached hydrogens (tertiary/aromatic N) is 1. The summed E-state index contributed by atoms with van der Waals surface area (Å²) in [5.74, 6) is -0.624. The molecule has 0 aromatic heterocycles. The SMILES string of the molecule is Cc1ccc(C(C)Nc2ccc([N+](=O)[O-])cc2F)c(C)c1. The van der Waals surface area contributed by atoms with Crippen LogP contribution in [0.3, 0.4) is 0 Å². The second-order valence-electron chi connectivity index (χ2n) is 5.15. The van der Waals surface area contributed by atoms with Gasteiger partial charge < -0.3 is 5.32 Å². The third kappa shape index (κ3) is 3.37. The van der Waals surface area contributed by atoms with Crippen LogP contribution in [0, 0.1) is 29.8 Å². The molecule has 0 amide bonds. The molecule has 0 aliphatic rings. The van der Waals surface area contributed by atoms with Gasteiger partial charge in [0, 0.05) is 12.1 Å². The zero-order chi connectivity index (χ0) is 15.6. The molecule has 0 spiro atoms. The maximum Gasteiger partial charge on any atom is 0.272 e. The van der Waals surface area contributed by atoms with Crippen LogP contribution in [-0.4, -0.2) is 4.92 Å². The van der Waals surface area contributed by atoms with E-state index in [9.17, 15) is 14.5 Å². The summed E-state index contributed by atoms with van der Waals surface area (Å²) in [5, 5.41) is 13.7. The Hall–Kier alpha value is -2.43. The predicted molar refractivity (Wildman–Crippen MR) is 81.0 cm³/mol. The van der Waals surface area contributed by atoms with Gasteiger partial charge in [0.1, 0.15) is 0 Å². The second-order valence-corrected chi connectivity index (χ2v) is 5.15. The minimum atomic E-state index is -0.624. The lowest BCUT2D eigenvalue weighted by Crippen LogP contribution is -2.09. The van der Waals surface area contributed by atoms with Gasteiger partial charge in [-0.15, -0.1) is 0 Å². The molecule has 0 aliphatic heterocycles. The summed E-state index contributed by atoms with van der Waals surface area (Å²) in [7, 11) is 0. The molecule has 4 nitrogen and oxygen atoms in total. The molecule has 0 fully saturated rings. The maximum absolute atomic E-state index is 13.9. The third-order valence-corrected chi connectivity index (χ3v) is 3.43. The Morgan fingerprint density at radius 1 is 1.19 bits per heavy atom. The van der Waals surface area contributed by atoms with E-state index in [0.717, 1.165) is 17.2 Å². The van der Waals surface area contributed by atoms with Crippen molar-refractivity contribution in [3.63, 3.8) is 0 Å². The number of nitrogens with one attached hydrogen (secondary N) is 1. The maximum atomic E-state index is 13.9. The fourth-order valence-electron chi connectivity index (χ4n) is 2.36. The average Bonchev–Trinajstić information content (AvgIpc) is 2.40.